The molecule has 2 unspecified atom stereocenters. The number of hydrogen-bond acceptors (Lipinski definition) is 2. The van der Waals surface area contributed by atoms with Crippen molar-refractivity contribution in [3.8, 4) is 0 Å². The summed E-state index contributed by atoms with van der Waals surface area (Å²) in [6, 6.07) is 2.59. The summed E-state index contributed by atoms with van der Waals surface area (Å²) in [5.74, 6) is -0.391. The molecule has 2 nitrogen and oxygen atoms in total. The van der Waals surface area contributed by atoms with Crippen LogP contribution in [0.4, 0.5) is 4.39 Å². The number of aliphatic hydroxyl groups is 1. The van der Waals surface area contributed by atoms with Crippen LogP contribution in [-0.2, 0) is 0 Å². The smallest absolute Gasteiger partial charge is 0.129 e. The van der Waals surface area contributed by atoms with Gasteiger partial charge in [-0.15, -0.1) is 0 Å². The van der Waals surface area contributed by atoms with Crippen LogP contribution in [0.2, 0.25) is 0 Å². The van der Waals surface area contributed by atoms with Crippen LogP contribution in [0.15, 0.2) is 12.1 Å². The molecule has 0 saturated carbocycles. The van der Waals surface area contributed by atoms with Crippen LogP contribution in [0.3, 0.4) is 0 Å². The van der Waals surface area contributed by atoms with Gasteiger partial charge in [-0.05, 0) is 38.0 Å². The Morgan fingerprint density at radius 3 is 2.43 bits per heavy atom. The van der Waals surface area contributed by atoms with Crippen LogP contribution in [-0.4, -0.2) is 11.1 Å². The molecule has 0 aliphatic carbocycles. The minimum atomic E-state index is -0.935. The van der Waals surface area contributed by atoms with Gasteiger partial charge in [0.1, 0.15) is 5.82 Å². The van der Waals surface area contributed by atoms with Crippen molar-refractivity contribution in [1.29, 1.82) is 0 Å². The van der Waals surface area contributed by atoms with Gasteiger partial charge in [-0.2, -0.15) is 0 Å². The van der Waals surface area contributed by atoms with Crippen LogP contribution in [0.25, 0.3) is 0 Å². The second kappa shape index (κ2) is 4.07. The van der Waals surface area contributed by atoms with Crippen LogP contribution in [0, 0.1) is 19.7 Å². The Morgan fingerprint density at radius 2 is 1.93 bits per heavy atom. The number of nitrogens with two attached hydrogens (primary N) is 1. The lowest BCUT2D eigenvalue weighted by Crippen LogP contribution is -2.26. The number of halogens is 1. The molecule has 1 rings (SSSR count). The standard InChI is InChI=1S/C11H16FNO/c1-6-4-5-9(12)10(7(6)2)11(14)8(3)13/h4-5,8,11,14H,13H2,1-3H3. The van der Waals surface area contributed by atoms with Gasteiger partial charge in [0, 0.05) is 11.6 Å². The van der Waals surface area contributed by atoms with Gasteiger partial charge in [0.2, 0.25) is 0 Å². The lowest BCUT2D eigenvalue weighted by molar-refractivity contribution is 0.148. The molecule has 0 spiro atoms. The summed E-state index contributed by atoms with van der Waals surface area (Å²) in [6.07, 6.45) is -0.935. The van der Waals surface area contributed by atoms with Gasteiger partial charge in [-0.3, -0.25) is 0 Å². The molecule has 0 saturated heterocycles. The van der Waals surface area contributed by atoms with Gasteiger partial charge in [0.15, 0.2) is 0 Å². The number of hydrogen-bond donors (Lipinski definition) is 2. The Labute approximate surface area is 83.6 Å². The van der Waals surface area contributed by atoms with E-state index in [9.17, 15) is 9.50 Å². The number of rotatable bonds is 2. The van der Waals surface area contributed by atoms with Gasteiger partial charge < -0.3 is 10.8 Å². The average molecular weight is 197 g/mol. The molecular formula is C11H16FNO. The largest absolute Gasteiger partial charge is 0.387 e. The summed E-state index contributed by atoms with van der Waals surface area (Å²) in [6.45, 7) is 5.33. The molecule has 78 valence electrons. The number of aryl methyl sites for hydroxylation is 1. The average Bonchev–Trinajstić information content (AvgIpc) is 2.12. The Kier molecular flexibility index (Phi) is 3.24. The highest BCUT2D eigenvalue weighted by atomic mass is 19.1. The highest BCUT2D eigenvalue weighted by Crippen LogP contribution is 2.25. The molecule has 1 aromatic carbocycles. The second-order valence-corrected chi connectivity index (χ2v) is 3.71. The molecule has 1 aromatic rings. The van der Waals surface area contributed by atoms with Crippen LogP contribution < -0.4 is 5.73 Å². The van der Waals surface area contributed by atoms with E-state index in [0.29, 0.717) is 5.56 Å². The summed E-state index contributed by atoms with van der Waals surface area (Å²) in [7, 11) is 0. The van der Waals surface area contributed by atoms with E-state index < -0.39 is 18.0 Å². The van der Waals surface area contributed by atoms with E-state index in [1.807, 2.05) is 6.92 Å². The van der Waals surface area contributed by atoms with Crippen molar-refractivity contribution < 1.29 is 9.50 Å². The van der Waals surface area contributed by atoms with E-state index in [4.69, 9.17) is 5.73 Å². The summed E-state index contributed by atoms with van der Waals surface area (Å²) < 4.78 is 13.4. The molecule has 0 bridgehead atoms. The molecule has 3 heteroatoms. The van der Waals surface area contributed by atoms with Crippen molar-refractivity contribution in [2.24, 2.45) is 5.73 Å². The first-order valence-corrected chi connectivity index (χ1v) is 4.64. The van der Waals surface area contributed by atoms with Gasteiger partial charge in [-0.25, -0.2) is 4.39 Å². The molecule has 0 radical (unpaired) electrons. The predicted molar refractivity (Wildman–Crippen MR) is 54.5 cm³/mol. The van der Waals surface area contributed by atoms with Crippen molar-refractivity contribution in [1.82, 2.24) is 0 Å². The fourth-order valence-electron chi connectivity index (χ4n) is 1.43. The summed E-state index contributed by atoms with van der Waals surface area (Å²) >= 11 is 0. The first-order chi connectivity index (χ1) is 6.45. The molecule has 0 aliphatic heterocycles. The molecular weight excluding hydrogens is 181 g/mol. The molecule has 14 heavy (non-hydrogen) atoms. The predicted octanol–water partition coefficient (Wildman–Crippen LogP) is 1.82. The molecule has 0 amide bonds. The van der Waals surface area contributed by atoms with Gasteiger partial charge >= 0.3 is 0 Å². The van der Waals surface area contributed by atoms with Gasteiger partial charge in [0.05, 0.1) is 6.10 Å². The van der Waals surface area contributed by atoms with Crippen molar-refractivity contribution >= 4 is 0 Å². The zero-order chi connectivity index (χ0) is 10.9. The molecule has 0 aliphatic rings. The first-order valence-electron chi connectivity index (χ1n) is 4.64. The number of aliphatic hydroxyl groups excluding tert-OH is 1. The van der Waals surface area contributed by atoms with Crippen molar-refractivity contribution in [2.45, 2.75) is 32.9 Å². The molecule has 0 aromatic heterocycles. The third-order valence-corrected chi connectivity index (χ3v) is 2.53. The Morgan fingerprint density at radius 1 is 1.36 bits per heavy atom. The van der Waals surface area contributed by atoms with Crippen LogP contribution >= 0.6 is 0 Å². The third-order valence-electron chi connectivity index (χ3n) is 2.53. The van der Waals surface area contributed by atoms with Crippen LogP contribution in [0.5, 0.6) is 0 Å². The zero-order valence-electron chi connectivity index (χ0n) is 8.71. The molecule has 3 N–H and O–H groups in total. The Hall–Kier alpha value is -0.930. The lowest BCUT2D eigenvalue weighted by atomic mass is 9.95. The molecule has 0 heterocycles. The van der Waals surface area contributed by atoms with E-state index in [-0.39, 0.29) is 0 Å². The molecule has 0 fully saturated rings. The maximum absolute atomic E-state index is 13.4. The molecule has 2 atom stereocenters. The third kappa shape index (κ3) is 1.94. The Balaban J connectivity index is 3.25. The minimum absolute atomic E-state index is 0.319. The highest BCUT2D eigenvalue weighted by Gasteiger charge is 2.19. The van der Waals surface area contributed by atoms with Gasteiger partial charge in [-0.1, -0.05) is 6.07 Å². The maximum Gasteiger partial charge on any atom is 0.129 e. The lowest BCUT2D eigenvalue weighted by Gasteiger charge is -2.19. The minimum Gasteiger partial charge on any atom is -0.387 e. The monoisotopic (exact) mass is 197 g/mol. The van der Waals surface area contributed by atoms with E-state index in [1.165, 1.54) is 6.07 Å². The van der Waals surface area contributed by atoms with Crippen molar-refractivity contribution in [3.05, 3.63) is 34.6 Å². The fourth-order valence-corrected chi connectivity index (χ4v) is 1.43. The zero-order valence-corrected chi connectivity index (χ0v) is 8.71. The fraction of sp³-hybridized carbons (Fsp3) is 0.455. The number of benzene rings is 1. The van der Waals surface area contributed by atoms with E-state index in [1.54, 1.807) is 19.9 Å². The van der Waals surface area contributed by atoms with Gasteiger partial charge in [0.25, 0.3) is 0 Å². The van der Waals surface area contributed by atoms with Crippen molar-refractivity contribution in [3.63, 3.8) is 0 Å². The van der Waals surface area contributed by atoms with E-state index in [0.717, 1.165) is 11.1 Å². The quantitative estimate of drug-likeness (QED) is 0.759. The van der Waals surface area contributed by atoms with E-state index in [2.05, 4.69) is 0 Å². The van der Waals surface area contributed by atoms with Crippen LogP contribution in [0.1, 0.15) is 29.7 Å². The second-order valence-electron chi connectivity index (χ2n) is 3.71. The van der Waals surface area contributed by atoms with Crippen molar-refractivity contribution in [2.75, 3.05) is 0 Å². The Bertz CT molecular complexity index is 336. The highest BCUT2D eigenvalue weighted by molar-refractivity contribution is 5.36. The topological polar surface area (TPSA) is 46.2 Å². The SMILES string of the molecule is Cc1ccc(F)c(C(O)C(C)N)c1C. The summed E-state index contributed by atoms with van der Waals surface area (Å²) in [5.41, 5.74) is 7.59. The maximum atomic E-state index is 13.4. The van der Waals surface area contributed by atoms with E-state index >= 15 is 0 Å². The first kappa shape index (κ1) is 11.1. The normalized spacial score (nSPS) is 15.3. The summed E-state index contributed by atoms with van der Waals surface area (Å²) in [5, 5.41) is 9.72. The summed E-state index contributed by atoms with van der Waals surface area (Å²) in [4.78, 5) is 0.